The molecule has 1 fully saturated rings. The molecule has 0 saturated carbocycles. The number of amides is 1. The zero-order chi connectivity index (χ0) is 13.8. The van der Waals surface area contributed by atoms with Gasteiger partial charge in [-0.25, -0.2) is 0 Å². The minimum atomic E-state index is -0.258. The number of benzene rings is 1. The Morgan fingerprint density at radius 1 is 1.26 bits per heavy atom. The van der Waals surface area contributed by atoms with E-state index in [2.05, 4.69) is 0 Å². The molecule has 0 spiro atoms. The summed E-state index contributed by atoms with van der Waals surface area (Å²) in [6, 6.07) is 7.22. The molecule has 102 valence electrons. The Morgan fingerprint density at radius 2 is 1.95 bits per heavy atom. The van der Waals surface area contributed by atoms with E-state index in [-0.39, 0.29) is 17.8 Å². The van der Waals surface area contributed by atoms with Gasteiger partial charge < -0.3 is 14.4 Å². The van der Waals surface area contributed by atoms with Crippen LogP contribution in [0.4, 0.5) is 5.69 Å². The molecule has 0 bridgehead atoms. The van der Waals surface area contributed by atoms with Crippen LogP contribution < -0.4 is 9.64 Å². The number of methoxy groups -OCH3 is 2. The van der Waals surface area contributed by atoms with Gasteiger partial charge in [-0.15, -0.1) is 0 Å². The molecule has 0 radical (unpaired) electrons. The van der Waals surface area contributed by atoms with E-state index < -0.39 is 0 Å². The molecule has 1 amide bonds. The Morgan fingerprint density at radius 3 is 2.53 bits per heavy atom. The number of rotatable bonds is 3. The van der Waals surface area contributed by atoms with Gasteiger partial charge in [-0.2, -0.15) is 0 Å². The van der Waals surface area contributed by atoms with E-state index in [1.807, 2.05) is 12.1 Å². The van der Waals surface area contributed by atoms with Crippen LogP contribution in [0.2, 0.25) is 0 Å². The molecule has 2 rings (SSSR count). The van der Waals surface area contributed by atoms with E-state index in [1.54, 1.807) is 24.1 Å². The summed E-state index contributed by atoms with van der Waals surface area (Å²) in [6.45, 7) is 0.373. The molecule has 1 saturated heterocycles. The molecule has 1 aliphatic heterocycles. The quantitative estimate of drug-likeness (QED) is 0.777. The van der Waals surface area contributed by atoms with Gasteiger partial charge in [-0.05, 0) is 30.7 Å². The number of hydrogen-bond acceptors (Lipinski definition) is 4. The monoisotopic (exact) mass is 263 g/mol. The number of nitrogens with zero attached hydrogens (tertiary/aromatic N) is 1. The Kier molecular flexibility index (Phi) is 4.04. The fraction of sp³-hybridized carbons (Fsp3) is 0.429. The lowest BCUT2D eigenvalue weighted by Crippen LogP contribution is -2.43. The van der Waals surface area contributed by atoms with Crippen LogP contribution in [0.1, 0.15) is 12.8 Å². The van der Waals surface area contributed by atoms with Crippen LogP contribution in [0.25, 0.3) is 0 Å². The maximum Gasteiger partial charge on any atom is 0.310 e. The molecule has 1 aromatic carbocycles. The van der Waals surface area contributed by atoms with Gasteiger partial charge in [0, 0.05) is 18.7 Å². The second kappa shape index (κ2) is 5.73. The van der Waals surface area contributed by atoms with Crippen molar-refractivity contribution in [3.63, 3.8) is 0 Å². The van der Waals surface area contributed by atoms with Gasteiger partial charge in [0.25, 0.3) is 0 Å². The van der Waals surface area contributed by atoms with E-state index in [0.29, 0.717) is 19.4 Å². The van der Waals surface area contributed by atoms with E-state index in [0.717, 1.165) is 11.4 Å². The highest BCUT2D eigenvalue weighted by molar-refractivity contribution is 5.95. The SMILES string of the molecule is COC(=O)C1CCC(=O)N(c2ccc(OC)cc2)C1. The zero-order valence-electron chi connectivity index (χ0n) is 11.1. The summed E-state index contributed by atoms with van der Waals surface area (Å²) in [5.41, 5.74) is 0.777. The first-order valence-electron chi connectivity index (χ1n) is 6.18. The van der Waals surface area contributed by atoms with Crippen LogP contribution in [-0.2, 0) is 14.3 Å². The lowest BCUT2D eigenvalue weighted by molar-refractivity contribution is -0.146. The van der Waals surface area contributed by atoms with Crippen LogP contribution in [0.3, 0.4) is 0 Å². The van der Waals surface area contributed by atoms with Crippen molar-refractivity contribution in [2.45, 2.75) is 12.8 Å². The van der Waals surface area contributed by atoms with Crippen molar-refractivity contribution in [1.82, 2.24) is 0 Å². The maximum absolute atomic E-state index is 11.9. The second-order valence-electron chi connectivity index (χ2n) is 4.46. The first-order valence-corrected chi connectivity index (χ1v) is 6.18. The van der Waals surface area contributed by atoms with Gasteiger partial charge in [0.2, 0.25) is 5.91 Å². The first-order chi connectivity index (χ1) is 9.15. The van der Waals surface area contributed by atoms with Crippen LogP contribution in [-0.4, -0.2) is 32.6 Å². The molecule has 1 aliphatic rings. The first kappa shape index (κ1) is 13.4. The highest BCUT2D eigenvalue weighted by atomic mass is 16.5. The van der Waals surface area contributed by atoms with E-state index in [1.165, 1.54) is 7.11 Å². The fourth-order valence-corrected chi connectivity index (χ4v) is 2.22. The van der Waals surface area contributed by atoms with Gasteiger partial charge in [-0.3, -0.25) is 9.59 Å². The lowest BCUT2D eigenvalue weighted by Gasteiger charge is -2.31. The molecule has 5 heteroatoms. The minimum Gasteiger partial charge on any atom is -0.497 e. The Bertz CT molecular complexity index is 469. The molecular formula is C14H17NO4. The van der Waals surface area contributed by atoms with Crippen molar-refractivity contribution in [1.29, 1.82) is 0 Å². The summed E-state index contributed by atoms with van der Waals surface area (Å²) in [4.78, 5) is 25.1. The standard InChI is InChI=1S/C14H17NO4/c1-18-12-6-4-11(5-7-12)15-9-10(14(17)19-2)3-8-13(15)16/h4-7,10H,3,8-9H2,1-2H3. The predicted molar refractivity (Wildman–Crippen MR) is 70.1 cm³/mol. The third-order valence-electron chi connectivity index (χ3n) is 3.33. The molecule has 1 atom stereocenters. The third-order valence-corrected chi connectivity index (χ3v) is 3.33. The van der Waals surface area contributed by atoms with Gasteiger partial charge in [0.15, 0.2) is 0 Å². The van der Waals surface area contributed by atoms with Crippen molar-refractivity contribution >= 4 is 17.6 Å². The smallest absolute Gasteiger partial charge is 0.310 e. The molecule has 1 aromatic rings. The van der Waals surface area contributed by atoms with E-state index in [4.69, 9.17) is 9.47 Å². The normalized spacial score (nSPS) is 19.2. The topological polar surface area (TPSA) is 55.8 Å². The van der Waals surface area contributed by atoms with Gasteiger partial charge in [0.1, 0.15) is 5.75 Å². The molecule has 1 heterocycles. The second-order valence-corrected chi connectivity index (χ2v) is 4.46. The molecule has 0 N–H and O–H groups in total. The molecule has 5 nitrogen and oxygen atoms in total. The predicted octanol–water partition coefficient (Wildman–Crippen LogP) is 1.61. The van der Waals surface area contributed by atoms with Crippen LogP contribution >= 0.6 is 0 Å². The minimum absolute atomic E-state index is 0.0327. The van der Waals surface area contributed by atoms with Crippen molar-refractivity contribution in [2.75, 3.05) is 25.7 Å². The van der Waals surface area contributed by atoms with Crippen LogP contribution in [0.5, 0.6) is 5.75 Å². The van der Waals surface area contributed by atoms with Crippen LogP contribution in [0.15, 0.2) is 24.3 Å². The van der Waals surface area contributed by atoms with E-state index in [9.17, 15) is 9.59 Å². The van der Waals surface area contributed by atoms with Gasteiger partial charge in [-0.1, -0.05) is 0 Å². The number of hydrogen-bond donors (Lipinski definition) is 0. The van der Waals surface area contributed by atoms with E-state index >= 15 is 0 Å². The molecule has 0 aromatic heterocycles. The number of carbonyl (C=O) groups excluding carboxylic acids is 2. The van der Waals surface area contributed by atoms with Crippen molar-refractivity contribution < 1.29 is 19.1 Å². The van der Waals surface area contributed by atoms with Crippen molar-refractivity contribution in [2.24, 2.45) is 5.92 Å². The summed E-state index contributed by atoms with van der Waals surface area (Å²) in [6.07, 6.45) is 0.921. The lowest BCUT2D eigenvalue weighted by atomic mass is 9.97. The molecular weight excluding hydrogens is 246 g/mol. The fourth-order valence-electron chi connectivity index (χ4n) is 2.22. The number of ether oxygens (including phenoxy) is 2. The number of anilines is 1. The summed E-state index contributed by atoms with van der Waals surface area (Å²) in [7, 11) is 2.96. The average Bonchev–Trinajstić information content (AvgIpc) is 2.47. The largest absolute Gasteiger partial charge is 0.497 e. The summed E-state index contributed by atoms with van der Waals surface area (Å²) in [5.74, 6) is 0.263. The highest BCUT2D eigenvalue weighted by Gasteiger charge is 2.31. The molecule has 0 aliphatic carbocycles. The third kappa shape index (κ3) is 2.86. The number of carbonyl (C=O) groups is 2. The maximum atomic E-state index is 11.9. The zero-order valence-corrected chi connectivity index (χ0v) is 11.1. The molecule has 1 unspecified atom stereocenters. The summed E-state index contributed by atoms with van der Waals surface area (Å²) in [5, 5.41) is 0. The number of esters is 1. The van der Waals surface area contributed by atoms with Crippen LogP contribution in [0, 0.1) is 5.92 Å². The van der Waals surface area contributed by atoms with Crippen molar-refractivity contribution in [3.8, 4) is 5.75 Å². The molecule has 19 heavy (non-hydrogen) atoms. The Balaban J connectivity index is 2.16. The highest BCUT2D eigenvalue weighted by Crippen LogP contribution is 2.26. The number of piperidine rings is 1. The van der Waals surface area contributed by atoms with Crippen molar-refractivity contribution in [3.05, 3.63) is 24.3 Å². The van der Waals surface area contributed by atoms with Gasteiger partial charge in [0.05, 0.1) is 20.1 Å². The Labute approximate surface area is 112 Å². The summed E-state index contributed by atoms with van der Waals surface area (Å²) >= 11 is 0. The Hall–Kier alpha value is -2.04. The summed E-state index contributed by atoms with van der Waals surface area (Å²) < 4.78 is 9.83. The van der Waals surface area contributed by atoms with Gasteiger partial charge >= 0.3 is 5.97 Å². The average molecular weight is 263 g/mol.